The Kier molecular flexibility index (Phi) is 6.03. The second-order valence-corrected chi connectivity index (χ2v) is 8.73. The summed E-state index contributed by atoms with van der Waals surface area (Å²) in [4.78, 5) is 12.7. The Morgan fingerprint density at radius 2 is 1.79 bits per heavy atom. The lowest BCUT2D eigenvalue weighted by molar-refractivity contribution is -0.122. The van der Waals surface area contributed by atoms with Gasteiger partial charge in [0.25, 0.3) is 0 Å². The molecule has 1 amide bonds. The second kappa shape index (κ2) is 8.86. The van der Waals surface area contributed by atoms with Crippen LogP contribution < -0.4 is 5.32 Å². The molecule has 2 aromatic carbocycles. The van der Waals surface area contributed by atoms with Gasteiger partial charge in [0.05, 0.1) is 0 Å². The van der Waals surface area contributed by atoms with Gasteiger partial charge in [-0.2, -0.15) is 0 Å². The highest BCUT2D eigenvalue weighted by atomic mass is 16.1. The third kappa shape index (κ3) is 4.55. The van der Waals surface area contributed by atoms with Crippen LogP contribution in [0.5, 0.6) is 0 Å². The van der Waals surface area contributed by atoms with Gasteiger partial charge < -0.3 is 9.88 Å². The maximum Gasteiger partial charge on any atom is 0.220 e. The van der Waals surface area contributed by atoms with E-state index in [9.17, 15) is 4.79 Å². The first-order valence-electron chi connectivity index (χ1n) is 11.0. The Balaban J connectivity index is 1.45. The molecule has 3 aromatic rings. The predicted octanol–water partition coefficient (Wildman–Crippen LogP) is 5.56. The van der Waals surface area contributed by atoms with Crippen LogP contribution in [-0.2, 0) is 17.8 Å². The van der Waals surface area contributed by atoms with Gasteiger partial charge in [-0.3, -0.25) is 4.79 Å². The van der Waals surface area contributed by atoms with Gasteiger partial charge >= 0.3 is 0 Å². The molecule has 3 atom stereocenters. The molecular formula is C26H32N2O. The summed E-state index contributed by atoms with van der Waals surface area (Å²) in [5.74, 6) is 1.46. The van der Waals surface area contributed by atoms with E-state index in [2.05, 4.69) is 84.5 Å². The number of carbonyl (C=O) groups excluding carboxylic acids is 1. The van der Waals surface area contributed by atoms with Gasteiger partial charge in [0.2, 0.25) is 5.91 Å². The highest BCUT2D eigenvalue weighted by molar-refractivity contribution is 5.85. The van der Waals surface area contributed by atoms with Gasteiger partial charge in [0, 0.05) is 36.1 Å². The fraction of sp³-hybridized carbons (Fsp3) is 0.423. The van der Waals surface area contributed by atoms with Crippen LogP contribution in [0.4, 0.5) is 0 Å². The summed E-state index contributed by atoms with van der Waals surface area (Å²) in [6.45, 7) is 5.45. The summed E-state index contributed by atoms with van der Waals surface area (Å²) in [6.07, 6.45) is 7.20. The van der Waals surface area contributed by atoms with E-state index in [4.69, 9.17) is 0 Å². The molecule has 0 saturated heterocycles. The maximum atomic E-state index is 12.7. The molecule has 4 rings (SSSR count). The number of hydrogen-bond acceptors (Lipinski definition) is 1. The van der Waals surface area contributed by atoms with Crippen molar-refractivity contribution < 1.29 is 4.79 Å². The van der Waals surface area contributed by atoms with E-state index in [1.54, 1.807) is 0 Å². The normalized spacial score (nSPS) is 21.9. The minimum absolute atomic E-state index is 0.191. The first kappa shape index (κ1) is 19.8. The number of hydrogen-bond donors (Lipinski definition) is 1. The van der Waals surface area contributed by atoms with Crippen LogP contribution in [0.25, 0.3) is 10.9 Å². The number of nitrogens with zero attached hydrogens (tertiary/aromatic N) is 1. The predicted molar refractivity (Wildman–Crippen MR) is 120 cm³/mol. The van der Waals surface area contributed by atoms with Crippen molar-refractivity contribution in [1.82, 2.24) is 9.88 Å². The summed E-state index contributed by atoms with van der Waals surface area (Å²) in [7, 11) is 0. The highest BCUT2D eigenvalue weighted by Gasteiger charge is 2.28. The van der Waals surface area contributed by atoms with E-state index < -0.39 is 0 Å². The van der Waals surface area contributed by atoms with E-state index in [-0.39, 0.29) is 5.91 Å². The smallest absolute Gasteiger partial charge is 0.220 e. The van der Waals surface area contributed by atoms with Crippen LogP contribution >= 0.6 is 0 Å². The Hall–Kier alpha value is -2.55. The molecule has 3 unspecified atom stereocenters. The summed E-state index contributed by atoms with van der Waals surface area (Å²) < 4.78 is 2.31. The zero-order valence-corrected chi connectivity index (χ0v) is 17.6. The molecular weight excluding hydrogens is 356 g/mol. The van der Waals surface area contributed by atoms with Crippen molar-refractivity contribution in [3.63, 3.8) is 0 Å². The Morgan fingerprint density at radius 1 is 1.03 bits per heavy atom. The van der Waals surface area contributed by atoms with E-state index >= 15 is 0 Å². The molecule has 29 heavy (non-hydrogen) atoms. The van der Waals surface area contributed by atoms with Crippen molar-refractivity contribution in [3.05, 3.63) is 71.9 Å². The van der Waals surface area contributed by atoms with Crippen molar-refractivity contribution in [2.24, 2.45) is 11.8 Å². The minimum atomic E-state index is 0.191. The number of carbonyl (C=O) groups is 1. The second-order valence-electron chi connectivity index (χ2n) is 8.73. The number of aryl methyl sites for hydroxylation is 1. The average Bonchev–Trinajstić information content (AvgIpc) is 3.08. The molecule has 3 nitrogen and oxygen atoms in total. The summed E-state index contributed by atoms with van der Waals surface area (Å²) in [5.41, 5.74) is 3.79. The molecule has 0 bridgehead atoms. The number of amides is 1. The van der Waals surface area contributed by atoms with Gasteiger partial charge in [0.1, 0.15) is 0 Å². The summed E-state index contributed by atoms with van der Waals surface area (Å²) >= 11 is 0. The van der Waals surface area contributed by atoms with Crippen molar-refractivity contribution in [2.45, 2.75) is 58.5 Å². The zero-order valence-electron chi connectivity index (χ0n) is 17.6. The summed E-state index contributed by atoms with van der Waals surface area (Å²) in [5, 5.41) is 4.58. The SMILES string of the molecule is CC1CCCC(NC(=O)CCc2cn(Cc3ccccc3)c3ccccc23)C1C. The fourth-order valence-electron chi connectivity index (χ4n) is 4.75. The molecule has 0 spiro atoms. The van der Waals surface area contributed by atoms with E-state index in [1.165, 1.54) is 34.9 Å². The van der Waals surface area contributed by atoms with Crippen LogP contribution in [0.3, 0.4) is 0 Å². The molecule has 3 heteroatoms. The van der Waals surface area contributed by atoms with Gasteiger partial charge in [0.15, 0.2) is 0 Å². The number of fused-ring (bicyclic) bond motifs is 1. The topological polar surface area (TPSA) is 34.0 Å². The number of para-hydroxylation sites is 1. The Morgan fingerprint density at radius 3 is 2.62 bits per heavy atom. The average molecular weight is 389 g/mol. The van der Waals surface area contributed by atoms with Crippen LogP contribution in [0, 0.1) is 11.8 Å². The molecule has 1 aliphatic carbocycles. The lowest BCUT2D eigenvalue weighted by Gasteiger charge is -2.34. The van der Waals surface area contributed by atoms with Crippen molar-refractivity contribution in [1.29, 1.82) is 0 Å². The number of nitrogens with one attached hydrogen (secondary N) is 1. The molecule has 1 N–H and O–H groups in total. The van der Waals surface area contributed by atoms with Crippen LogP contribution in [-0.4, -0.2) is 16.5 Å². The maximum absolute atomic E-state index is 12.7. The highest BCUT2D eigenvalue weighted by Crippen LogP contribution is 2.29. The molecule has 1 aliphatic rings. The third-order valence-corrected chi connectivity index (χ3v) is 6.74. The standard InChI is InChI=1S/C26H32N2O/c1-19-9-8-13-24(20(19)2)27-26(29)16-15-22-18-28(17-21-10-4-3-5-11-21)25-14-7-6-12-23(22)25/h3-7,10-12,14,18-20,24H,8-9,13,15-17H2,1-2H3,(H,27,29). The minimum Gasteiger partial charge on any atom is -0.353 e. The van der Waals surface area contributed by atoms with Crippen molar-refractivity contribution in [2.75, 3.05) is 0 Å². The Bertz CT molecular complexity index is 959. The monoisotopic (exact) mass is 388 g/mol. The molecule has 152 valence electrons. The van der Waals surface area contributed by atoms with Crippen LogP contribution in [0.2, 0.25) is 0 Å². The van der Waals surface area contributed by atoms with Crippen LogP contribution in [0.1, 0.15) is 50.7 Å². The fourth-order valence-corrected chi connectivity index (χ4v) is 4.75. The number of aromatic nitrogens is 1. The van der Waals surface area contributed by atoms with E-state index in [1.807, 2.05) is 0 Å². The quantitative estimate of drug-likeness (QED) is 0.589. The first-order valence-corrected chi connectivity index (χ1v) is 11.0. The van der Waals surface area contributed by atoms with E-state index in [0.29, 0.717) is 24.3 Å². The van der Waals surface area contributed by atoms with E-state index in [0.717, 1.165) is 19.4 Å². The molecule has 1 saturated carbocycles. The lowest BCUT2D eigenvalue weighted by atomic mass is 9.78. The molecule has 1 heterocycles. The molecule has 1 fully saturated rings. The van der Waals surface area contributed by atoms with Crippen LogP contribution in [0.15, 0.2) is 60.8 Å². The lowest BCUT2D eigenvalue weighted by Crippen LogP contribution is -2.43. The largest absolute Gasteiger partial charge is 0.353 e. The third-order valence-electron chi connectivity index (χ3n) is 6.74. The first-order chi connectivity index (χ1) is 14.1. The summed E-state index contributed by atoms with van der Waals surface area (Å²) in [6, 6.07) is 19.4. The molecule has 0 radical (unpaired) electrons. The Labute approximate surface area is 174 Å². The number of rotatable bonds is 6. The van der Waals surface area contributed by atoms with Gasteiger partial charge in [-0.05, 0) is 41.9 Å². The molecule has 1 aromatic heterocycles. The zero-order chi connectivity index (χ0) is 20.2. The molecule has 0 aliphatic heterocycles. The van der Waals surface area contributed by atoms with Gasteiger partial charge in [-0.1, -0.05) is 75.2 Å². The van der Waals surface area contributed by atoms with Gasteiger partial charge in [-0.25, -0.2) is 0 Å². The number of benzene rings is 2. The van der Waals surface area contributed by atoms with Gasteiger partial charge in [-0.15, -0.1) is 0 Å². The van der Waals surface area contributed by atoms with Crippen molar-refractivity contribution in [3.8, 4) is 0 Å². The van der Waals surface area contributed by atoms with Crippen molar-refractivity contribution >= 4 is 16.8 Å².